The Hall–Kier alpha value is -1.21. The maximum absolute atomic E-state index is 12.9. The van der Waals surface area contributed by atoms with Crippen LogP contribution in [-0.2, 0) is 14.3 Å². The fraction of sp³-hybridized carbons (Fsp3) is 0.872. The van der Waals surface area contributed by atoms with E-state index in [0.717, 1.165) is 45.1 Å². The lowest BCUT2D eigenvalue weighted by molar-refractivity contribution is -0.151. The average Bonchev–Trinajstić information content (AvgIpc) is 3.41. The number of hydrogen-bond acceptors (Lipinski definition) is 6. The van der Waals surface area contributed by atoms with E-state index >= 15 is 0 Å². The Balaban J connectivity index is 1.59. The third-order valence-corrected chi connectivity index (χ3v) is 13.5. The molecule has 0 heterocycles. The second-order valence-electron chi connectivity index (χ2n) is 17.1. The van der Waals surface area contributed by atoms with Crippen molar-refractivity contribution in [1.82, 2.24) is 4.90 Å². The van der Waals surface area contributed by atoms with E-state index in [9.17, 15) is 19.8 Å². The van der Waals surface area contributed by atoms with Gasteiger partial charge in [0.2, 0.25) is 0 Å². The topological polar surface area (TPSA) is 87.1 Å². The fourth-order valence-electron chi connectivity index (χ4n) is 8.96. The Morgan fingerprint density at radius 2 is 1.37 bits per heavy atom. The molecule has 0 amide bonds. The number of rotatable bonds is 35. The van der Waals surface area contributed by atoms with Crippen LogP contribution in [0.1, 0.15) is 200 Å². The number of allylic oxidation sites excluding steroid dienone is 2. The first-order valence-electron chi connectivity index (χ1n) is 22.9. The summed E-state index contributed by atoms with van der Waals surface area (Å²) in [6, 6.07) is -0.381. The van der Waals surface area contributed by atoms with Gasteiger partial charge in [0, 0.05) is 11.3 Å². The van der Waals surface area contributed by atoms with Crippen molar-refractivity contribution in [2.45, 2.75) is 224 Å². The molecule has 2 aliphatic rings. The molecule has 2 saturated carbocycles. The summed E-state index contributed by atoms with van der Waals surface area (Å²) in [4.78, 5) is 25.9. The highest BCUT2D eigenvalue weighted by Gasteiger charge is 2.42. The lowest BCUT2D eigenvalue weighted by Gasteiger charge is -2.45. The fourth-order valence-corrected chi connectivity index (χ4v) is 9.41. The molecule has 2 rings (SSSR count). The van der Waals surface area contributed by atoms with Crippen LogP contribution < -0.4 is 0 Å². The normalized spacial score (nSPS) is 22.3. The van der Waals surface area contributed by atoms with Gasteiger partial charge in [-0.05, 0) is 82.7 Å². The number of carbonyl (C=O) groups is 2. The molecular weight excluding hydrogens is 694 g/mol. The van der Waals surface area contributed by atoms with Crippen molar-refractivity contribution in [3.63, 3.8) is 0 Å². The van der Waals surface area contributed by atoms with Gasteiger partial charge in [0.1, 0.15) is 12.6 Å². The monoisotopic (exact) mass is 778 g/mol. The van der Waals surface area contributed by atoms with Crippen LogP contribution in [-0.4, -0.2) is 71.2 Å². The highest BCUT2D eigenvalue weighted by Crippen LogP contribution is 2.48. The van der Waals surface area contributed by atoms with Gasteiger partial charge in [0.05, 0.1) is 12.2 Å². The van der Waals surface area contributed by atoms with E-state index < -0.39 is 6.10 Å². The molecule has 6 atom stereocenters. The zero-order chi connectivity index (χ0) is 39.3. The number of aliphatic hydroxyl groups is 2. The van der Waals surface area contributed by atoms with Crippen molar-refractivity contribution in [2.75, 3.05) is 20.2 Å². The standard InChI is InChI=1S/C47H84ClNO5/c1-4-6-7-8-9-10-11-12-13-14-15-16-17-18-19-20-21-22-23-27-36-49(3)43(46(53)54-38-37-50)32-26-24-25-30-40-41(44(51)39-42(40)48)31-28-33-45(52)47(5-2)34-29-35-47/h24-25,28,31,37,40-45,51-52H,4-23,26-27,29-30,32-36,38-39H2,1-3H3/t40-,41-,42-,43?,44-,45+/m1/s1. The van der Waals surface area contributed by atoms with E-state index in [2.05, 4.69) is 43.1 Å². The molecule has 2 fully saturated rings. The molecule has 0 saturated heterocycles. The number of carbonyl (C=O) groups excluding carboxylic acids is 2. The van der Waals surface area contributed by atoms with Crippen molar-refractivity contribution < 1.29 is 24.5 Å². The molecule has 7 heteroatoms. The van der Waals surface area contributed by atoms with Gasteiger partial charge in [-0.25, -0.2) is 0 Å². The molecule has 0 aromatic carbocycles. The molecule has 0 aromatic heterocycles. The van der Waals surface area contributed by atoms with Gasteiger partial charge in [-0.15, -0.1) is 11.6 Å². The molecule has 0 aliphatic heterocycles. The van der Waals surface area contributed by atoms with E-state index in [1.165, 1.54) is 128 Å². The summed E-state index contributed by atoms with van der Waals surface area (Å²) < 4.78 is 5.25. The first-order valence-corrected chi connectivity index (χ1v) is 23.4. The van der Waals surface area contributed by atoms with Crippen LogP contribution in [0.5, 0.6) is 0 Å². The van der Waals surface area contributed by atoms with Crippen molar-refractivity contribution in [3.8, 4) is 0 Å². The van der Waals surface area contributed by atoms with E-state index in [-0.39, 0.29) is 47.3 Å². The summed E-state index contributed by atoms with van der Waals surface area (Å²) >= 11 is 6.71. The van der Waals surface area contributed by atoms with Crippen LogP contribution in [0.25, 0.3) is 0 Å². The molecule has 0 bridgehead atoms. The smallest absolute Gasteiger partial charge is 0.323 e. The first-order chi connectivity index (χ1) is 26.3. The minimum Gasteiger partial charge on any atom is -0.457 e. The van der Waals surface area contributed by atoms with Crippen LogP contribution in [0.4, 0.5) is 0 Å². The number of esters is 1. The molecule has 0 aromatic rings. The zero-order valence-electron chi connectivity index (χ0n) is 35.2. The van der Waals surface area contributed by atoms with Gasteiger partial charge in [-0.1, -0.05) is 167 Å². The second kappa shape index (κ2) is 30.9. The number of likely N-dealkylation sites (N-methyl/N-ethyl adjacent to an activating group) is 1. The van der Waals surface area contributed by atoms with Gasteiger partial charge in [-0.3, -0.25) is 14.5 Å². The summed E-state index contributed by atoms with van der Waals surface area (Å²) in [6.45, 7) is 5.09. The van der Waals surface area contributed by atoms with Gasteiger partial charge in [0.25, 0.3) is 0 Å². The molecule has 314 valence electrons. The minimum absolute atomic E-state index is 0.0235. The summed E-state index contributed by atoms with van der Waals surface area (Å²) in [5.41, 5.74) is 0.0758. The third-order valence-electron chi connectivity index (χ3n) is 13.0. The van der Waals surface area contributed by atoms with Crippen molar-refractivity contribution in [2.24, 2.45) is 17.3 Å². The number of halogens is 1. The van der Waals surface area contributed by atoms with Crippen LogP contribution in [0, 0.1) is 17.3 Å². The number of aliphatic hydroxyl groups excluding tert-OH is 2. The molecule has 2 N–H and O–H groups in total. The van der Waals surface area contributed by atoms with Crippen molar-refractivity contribution in [3.05, 3.63) is 24.3 Å². The number of alkyl halides is 1. The maximum atomic E-state index is 12.9. The highest BCUT2D eigenvalue weighted by atomic mass is 35.5. The van der Waals surface area contributed by atoms with Crippen molar-refractivity contribution >= 4 is 23.9 Å². The van der Waals surface area contributed by atoms with Gasteiger partial charge < -0.3 is 14.9 Å². The second-order valence-corrected chi connectivity index (χ2v) is 17.7. The predicted molar refractivity (Wildman–Crippen MR) is 228 cm³/mol. The molecule has 6 nitrogen and oxygen atoms in total. The first kappa shape index (κ1) is 48.9. The van der Waals surface area contributed by atoms with Crippen LogP contribution in [0.15, 0.2) is 24.3 Å². The van der Waals surface area contributed by atoms with Gasteiger partial charge in [-0.2, -0.15) is 0 Å². The third kappa shape index (κ3) is 19.8. The largest absolute Gasteiger partial charge is 0.457 e. The summed E-state index contributed by atoms with van der Waals surface area (Å²) in [5, 5.41) is 21.5. The predicted octanol–water partition coefficient (Wildman–Crippen LogP) is 12.1. The Labute approximate surface area is 337 Å². The lowest BCUT2D eigenvalue weighted by Crippen LogP contribution is -2.40. The Morgan fingerprint density at radius 1 is 0.833 bits per heavy atom. The Morgan fingerprint density at radius 3 is 1.85 bits per heavy atom. The average molecular weight is 779 g/mol. The quantitative estimate of drug-likeness (QED) is 0.0219. The molecule has 2 aliphatic carbocycles. The number of unbranched alkanes of at least 4 members (excludes halogenated alkanes) is 19. The van der Waals surface area contributed by atoms with Crippen LogP contribution in [0.3, 0.4) is 0 Å². The molecular formula is C47H84ClNO5. The number of ether oxygens (including phenoxy) is 1. The molecule has 0 radical (unpaired) electrons. The summed E-state index contributed by atoms with van der Waals surface area (Å²) in [7, 11) is 1.99. The van der Waals surface area contributed by atoms with Crippen molar-refractivity contribution in [1.29, 1.82) is 0 Å². The number of hydrogen-bond donors (Lipinski definition) is 2. The molecule has 0 spiro atoms. The highest BCUT2D eigenvalue weighted by molar-refractivity contribution is 6.21. The SMILES string of the molecule is CCCCCCCCCCCCCCCCCCCCCCN(C)C(CCC=CC[C@@H]1[C@@H](C=CC[C@H](O)C2(CC)CCC2)[C@H](O)C[C@H]1Cl)C(=O)OCC=O. The minimum atomic E-state index is -0.470. The number of nitrogens with zero attached hydrogens (tertiary/aromatic N) is 1. The van der Waals surface area contributed by atoms with Gasteiger partial charge in [0.15, 0.2) is 6.29 Å². The van der Waals surface area contributed by atoms with E-state index in [0.29, 0.717) is 25.5 Å². The van der Waals surface area contributed by atoms with Gasteiger partial charge >= 0.3 is 5.97 Å². The van der Waals surface area contributed by atoms with E-state index in [1.807, 2.05) is 7.05 Å². The Bertz CT molecular complexity index is 993. The van der Waals surface area contributed by atoms with E-state index in [4.69, 9.17) is 16.3 Å². The summed E-state index contributed by atoms with van der Waals surface area (Å²) in [6.07, 6.45) is 43.2. The lowest BCUT2D eigenvalue weighted by atomic mass is 9.63. The van der Waals surface area contributed by atoms with Crippen LogP contribution >= 0.6 is 11.6 Å². The Kier molecular flexibility index (Phi) is 28.0. The molecule has 54 heavy (non-hydrogen) atoms. The number of aldehydes is 1. The zero-order valence-corrected chi connectivity index (χ0v) is 36.0. The summed E-state index contributed by atoms with van der Waals surface area (Å²) in [5.74, 6) is -0.222. The molecule has 1 unspecified atom stereocenters. The van der Waals surface area contributed by atoms with Crippen LogP contribution in [0.2, 0.25) is 0 Å². The van der Waals surface area contributed by atoms with E-state index in [1.54, 1.807) is 0 Å². The maximum Gasteiger partial charge on any atom is 0.323 e.